The predicted molar refractivity (Wildman–Crippen MR) is 176 cm³/mol. The molecule has 0 spiro atoms. The quantitative estimate of drug-likeness (QED) is 0.146. The summed E-state index contributed by atoms with van der Waals surface area (Å²) in [5.41, 5.74) is 5.06. The Hall–Kier alpha value is -2.87. The first-order chi connectivity index (χ1) is 19.5. The Morgan fingerprint density at radius 2 is 1.83 bits per heavy atom. The van der Waals surface area contributed by atoms with Gasteiger partial charge in [-0.15, -0.1) is 0 Å². The lowest BCUT2D eigenvalue weighted by Crippen LogP contribution is -2.40. The van der Waals surface area contributed by atoms with Crippen molar-refractivity contribution in [2.24, 2.45) is 7.05 Å². The summed E-state index contributed by atoms with van der Waals surface area (Å²) in [6.45, 7) is 23.7. The van der Waals surface area contributed by atoms with Crippen LogP contribution in [0.15, 0.2) is 30.6 Å². The zero-order valence-corrected chi connectivity index (χ0v) is 29.3. The number of aryl methyl sites for hydroxylation is 1. The van der Waals surface area contributed by atoms with Crippen molar-refractivity contribution in [3.63, 3.8) is 0 Å². The molecule has 9 nitrogen and oxygen atoms in total. The molecule has 4 aromatic rings. The zero-order chi connectivity index (χ0) is 31.0. The smallest absolute Gasteiger partial charge is 0.255 e. The molecular weight excluding hydrogens is 561 g/mol. The van der Waals surface area contributed by atoms with Crippen LogP contribution in [0.4, 0.5) is 0 Å². The second kappa shape index (κ2) is 12.0. The van der Waals surface area contributed by atoms with Crippen LogP contribution >= 0.6 is 0 Å². The standard InChI is InChI=1S/C31H48N6O3Si2/c1-21(2)33-30(38)24-18-37(20-39-14-15-41(7,8)9)29-28(24)34-25(17-32-29)27-23-16-22(12-13-26(23)36(6)35-27)19-40-42(10,11)31(3,4)5/h12-13,16-18,21H,14-15,19-20H2,1-11H3,(H,33,38). The number of carbonyl (C=O) groups excluding carboxylic acids is 1. The summed E-state index contributed by atoms with van der Waals surface area (Å²) in [7, 11) is -1.18. The molecule has 4 rings (SSSR count). The van der Waals surface area contributed by atoms with Crippen LogP contribution < -0.4 is 5.32 Å². The molecule has 1 amide bonds. The first-order valence-corrected chi connectivity index (χ1v) is 21.4. The summed E-state index contributed by atoms with van der Waals surface area (Å²) in [5, 5.41) is 8.94. The molecule has 1 aromatic carbocycles. The molecule has 3 heterocycles. The zero-order valence-electron chi connectivity index (χ0n) is 27.3. The average molecular weight is 609 g/mol. The number of fused-ring (bicyclic) bond motifs is 2. The van der Waals surface area contributed by atoms with Gasteiger partial charge in [0.1, 0.15) is 23.6 Å². The number of aromatic nitrogens is 5. The third kappa shape index (κ3) is 7.19. The van der Waals surface area contributed by atoms with Gasteiger partial charge in [-0.05, 0) is 55.7 Å². The van der Waals surface area contributed by atoms with Gasteiger partial charge in [0, 0.05) is 39.4 Å². The molecule has 11 heteroatoms. The van der Waals surface area contributed by atoms with Crippen molar-refractivity contribution < 1.29 is 14.0 Å². The monoisotopic (exact) mass is 608 g/mol. The number of ether oxygens (including phenoxy) is 1. The van der Waals surface area contributed by atoms with Gasteiger partial charge in [-0.3, -0.25) is 9.48 Å². The number of hydrogen-bond acceptors (Lipinski definition) is 6. The maximum Gasteiger partial charge on any atom is 0.255 e. The lowest BCUT2D eigenvalue weighted by atomic mass is 10.1. The number of carbonyl (C=O) groups is 1. The topological polar surface area (TPSA) is 96.1 Å². The third-order valence-corrected chi connectivity index (χ3v) is 14.2. The maximum absolute atomic E-state index is 13.2. The van der Waals surface area contributed by atoms with Gasteiger partial charge in [0.2, 0.25) is 0 Å². The van der Waals surface area contributed by atoms with Crippen molar-refractivity contribution in [3.05, 3.63) is 41.7 Å². The molecule has 0 fully saturated rings. The minimum absolute atomic E-state index is 0.00766. The molecule has 0 radical (unpaired) electrons. The number of amides is 1. The number of hydrogen-bond donors (Lipinski definition) is 1. The van der Waals surface area contributed by atoms with Crippen molar-refractivity contribution in [1.82, 2.24) is 29.6 Å². The highest BCUT2D eigenvalue weighted by Crippen LogP contribution is 2.37. The highest BCUT2D eigenvalue weighted by Gasteiger charge is 2.37. The number of benzene rings is 1. The molecule has 0 aliphatic carbocycles. The summed E-state index contributed by atoms with van der Waals surface area (Å²) < 4.78 is 16.2. The van der Waals surface area contributed by atoms with E-state index in [1.165, 1.54) is 0 Å². The number of nitrogens with one attached hydrogen (secondary N) is 1. The molecule has 42 heavy (non-hydrogen) atoms. The molecule has 1 N–H and O–H groups in total. The Bertz CT molecular complexity index is 1580. The Balaban J connectivity index is 1.72. The SMILES string of the molecule is CC(C)NC(=O)c1cn(COCC[Si](C)(C)C)c2ncc(-c3nn(C)c4ccc(CO[Si](C)(C)C(C)(C)C)cc34)nc12. The second-order valence-electron chi connectivity index (χ2n) is 14.3. The van der Waals surface area contributed by atoms with E-state index in [4.69, 9.17) is 24.2 Å². The molecule has 0 saturated heterocycles. The molecule has 0 unspecified atom stereocenters. The predicted octanol–water partition coefficient (Wildman–Crippen LogP) is 6.96. The fourth-order valence-electron chi connectivity index (χ4n) is 4.38. The Morgan fingerprint density at radius 3 is 2.48 bits per heavy atom. The first-order valence-electron chi connectivity index (χ1n) is 14.8. The van der Waals surface area contributed by atoms with E-state index in [-0.39, 0.29) is 17.0 Å². The summed E-state index contributed by atoms with van der Waals surface area (Å²) >= 11 is 0. The Labute approximate surface area is 252 Å². The van der Waals surface area contributed by atoms with E-state index in [1.807, 2.05) is 30.1 Å². The van der Waals surface area contributed by atoms with Gasteiger partial charge >= 0.3 is 0 Å². The van der Waals surface area contributed by atoms with Crippen molar-refractivity contribution in [1.29, 1.82) is 0 Å². The summed E-state index contributed by atoms with van der Waals surface area (Å²) in [5.74, 6) is -0.182. The Kier molecular flexibility index (Phi) is 9.18. The Morgan fingerprint density at radius 1 is 1.12 bits per heavy atom. The van der Waals surface area contributed by atoms with Crippen LogP contribution in [0.25, 0.3) is 33.5 Å². The normalized spacial score (nSPS) is 13.0. The average Bonchev–Trinajstić information content (AvgIpc) is 3.41. The van der Waals surface area contributed by atoms with Crippen LogP contribution in [0.1, 0.15) is 50.5 Å². The van der Waals surface area contributed by atoms with E-state index in [2.05, 4.69) is 77.0 Å². The van der Waals surface area contributed by atoms with Gasteiger partial charge in [0.15, 0.2) is 14.0 Å². The third-order valence-electron chi connectivity index (χ3n) is 8.02. The molecular formula is C31H48N6O3Si2. The van der Waals surface area contributed by atoms with E-state index in [0.29, 0.717) is 42.4 Å². The van der Waals surface area contributed by atoms with Crippen LogP contribution in [-0.2, 0) is 29.5 Å². The van der Waals surface area contributed by atoms with Crippen LogP contribution in [0.2, 0.25) is 43.8 Å². The lowest BCUT2D eigenvalue weighted by Gasteiger charge is -2.36. The first kappa shape index (κ1) is 32.1. The lowest BCUT2D eigenvalue weighted by molar-refractivity contribution is 0.0890. The van der Waals surface area contributed by atoms with E-state index in [0.717, 1.165) is 28.2 Å². The molecule has 0 saturated carbocycles. The van der Waals surface area contributed by atoms with E-state index >= 15 is 0 Å². The van der Waals surface area contributed by atoms with Crippen molar-refractivity contribution in [2.45, 2.75) is 97.8 Å². The van der Waals surface area contributed by atoms with Crippen molar-refractivity contribution in [2.75, 3.05) is 6.61 Å². The van der Waals surface area contributed by atoms with Gasteiger partial charge < -0.3 is 19.0 Å². The molecule has 3 aromatic heterocycles. The highest BCUT2D eigenvalue weighted by molar-refractivity contribution is 6.76. The largest absolute Gasteiger partial charge is 0.413 e. The van der Waals surface area contributed by atoms with Crippen LogP contribution in [-0.4, -0.2) is 59.3 Å². The molecule has 228 valence electrons. The van der Waals surface area contributed by atoms with Crippen LogP contribution in [0.5, 0.6) is 0 Å². The van der Waals surface area contributed by atoms with Crippen LogP contribution in [0.3, 0.4) is 0 Å². The summed E-state index contributed by atoms with van der Waals surface area (Å²) in [4.78, 5) is 23.0. The number of nitrogens with zero attached hydrogens (tertiary/aromatic N) is 5. The van der Waals surface area contributed by atoms with Gasteiger partial charge in [-0.1, -0.05) is 46.5 Å². The fraction of sp³-hybridized carbons (Fsp3) is 0.548. The number of rotatable bonds is 11. The van der Waals surface area contributed by atoms with Crippen molar-refractivity contribution >= 4 is 44.4 Å². The minimum Gasteiger partial charge on any atom is -0.413 e. The van der Waals surface area contributed by atoms with Crippen LogP contribution in [0, 0.1) is 0 Å². The molecule has 0 aliphatic heterocycles. The highest BCUT2D eigenvalue weighted by atomic mass is 28.4. The van der Waals surface area contributed by atoms with E-state index < -0.39 is 16.4 Å². The maximum atomic E-state index is 13.2. The minimum atomic E-state index is -1.90. The fourth-order valence-corrected chi connectivity index (χ4v) is 6.10. The van der Waals surface area contributed by atoms with Gasteiger partial charge in [0.25, 0.3) is 5.91 Å². The molecule has 0 aliphatic rings. The van der Waals surface area contributed by atoms with E-state index in [1.54, 1.807) is 12.4 Å². The van der Waals surface area contributed by atoms with Gasteiger partial charge in [-0.25, -0.2) is 9.97 Å². The molecule has 0 atom stereocenters. The van der Waals surface area contributed by atoms with Crippen molar-refractivity contribution in [3.8, 4) is 11.4 Å². The van der Waals surface area contributed by atoms with Gasteiger partial charge in [-0.2, -0.15) is 5.10 Å². The summed E-state index contributed by atoms with van der Waals surface area (Å²) in [6, 6.07) is 7.38. The van der Waals surface area contributed by atoms with E-state index in [9.17, 15) is 4.79 Å². The van der Waals surface area contributed by atoms with Gasteiger partial charge in [0.05, 0.1) is 23.9 Å². The summed E-state index contributed by atoms with van der Waals surface area (Å²) in [6.07, 6.45) is 3.54. The second-order valence-corrected chi connectivity index (χ2v) is 24.7. The molecule has 0 bridgehead atoms.